The fourth-order valence-corrected chi connectivity index (χ4v) is 1.96. The predicted molar refractivity (Wildman–Crippen MR) is 89.0 cm³/mol. The lowest BCUT2D eigenvalue weighted by Crippen LogP contribution is -2.17. The quantitative estimate of drug-likeness (QED) is 0.557. The van der Waals surface area contributed by atoms with Crippen LogP contribution in [0, 0.1) is 0 Å². The number of rotatable bonds is 6. The first-order chi connectivity index (χ1) is 11.6. The molecule has 0 fully saturated rings. The molecule has 7 heteroatoms. The summed E-state index contributed by atoms with van der Waals surface area (Å²) in [6, 6.07) is 9.17. The number of carbonyl (C=O) groups excluding carboxylic acids is 1. The zero-order chi connectivity index (χ0) is 17.5. The van der Waals surface area contributed by atoms with Crippen LogP contribution in [0.2, 0.25) is 0 Å². The number of nitrogens with one attached hydrogen (secondary N) is 1. The average Bonchev–Trinajstić information content (AvgIpc) is 2.58. The number of hydrogen-bond acceptors (Lipinski definition) is 6. The van der Waals surface area contributed by atoms with Crippen molar-refractivity contribution in [1.82, 2.24) is 5.43 Å². The number of amides is 1. The van der Waals surface area contributed by atoms with E-state index in [1.165, 1.54) is 31.5 Å². The zero-order valence-corrected chi connectivity index (χ0v) is 13.3. The molecular weight excluding hydrogens is 312 g/mol. The third-order valence-corrected chi connectivity index (χ3v) is 3.14. The fourth-order valence-electron chi connectivity index (χ4n) is 1.96. The lowest BCUT2D eigenvalue weighted by Gasteiger charge is -2.07. The van der Waals surface area contributed by atoms with Crippen molar-refractivity contribution in [2.45, 2.75) is 6.92 Å². The number of methoxy groups -OCH3 is 1. The first-order valence-corrected chi connectivity index (χ1v) is 7.22. The Morgan fingerprint density at radius 2 is 2.04 bits per heavy atom. The van der Waals surface area contributed by atoms with Crippen molar-refractivity contribution in [1.29, 1.82) is 0 Å². The highest BCUT2D eigenvalue weighted by molar-refractivity contribution is 5.95. The number of hydrazone groups is 1. The third-order valence-electron chi connectivity index (χ3n) is 3.14. The molecule has 24 heavy (non-hydrogen) atoms. The van der Waals surface area contributed by atoms with Crippen molar-refractivity contribution in [3.05, 3.63) is 47.5 Å². The second-order valence-corrected chi connectivity index (χ2v) is 4.71. The predicted octanol–water partition coefficient (Wildman–Crippen LogP) is 2.27. The molecule has 0 bridgehead atoms. The minimum atomic E-state index is -0.481. The van der Waals surface area contributed by atoms with Crippen LogP contribution in [0.25, 0.3) is 0 Å². The van der Waals surface area contributed by atoms with Crippen LogP contribution < -0.4 is 14.9 Å². The van der Waals surface area contributed by atoms with E-state index >= 15 is 0 Å². The fraction of sp³-hybridized carbons (Fsp3) is 0.176. The number of benzene rings is 2. The van der Waals surface area contributed by atoms with Crippen molar-refractivity contribution < 1.29 is 24.5 Å². The van der Waals surface area contributed by atoms with Gasteiger partial charge >= 0.3 is 0 Å². The van der Waals surface area contributed by atoms with Gasteiger partial charge in [-0.3, -0.25) is 4.79 Å². The third kappa shape index (κ3) is 3.95. The van der Waals surface area contributed by atoms with Crippen LogP contribution in [0.1, 0.15) is 22.8 Å². The van der Waals surface area contributed by atoms with Gasteiger partial charge in [0.25, 0.3) is 5.91 Å². The lowest BCUT2D eigenvalue weighted by atomic mass is 10.2. The summed E-state index contributed by atoms with van der Waals surface area (Å²) in [6.07, 6.45) is 1.31. The number of nitrogens with zero attached hydrogens (tertiary/aromatic N) is 1. The van der Waals surface area contributed by atoms with Crippen LogP contribution in [0.3, 0.4) is 0 Å². The molecule has 1 amide bonds. The summed E-state index contributed by atoms with van der Waals surface area (Å²) >= 11 is 0. The van der Waals surface area contributed by atoms with Crippen LogP contribution in [-0.2, 0) is 0 Å². The summed E-state index contributed by atoms with van der Waals surface area (Å²) in [6.45, 7) is 2.24. The molecule has 0 aliphatic heterocycles. The molecule has 0 saturated carbocycles. The second kappa shape index (κ2) is 7.87. The van der Waals surface area contributed by atoms with Gasteiger partial charge in [0.1, 0.15) is 0 Å². The monoisotopic (exact) mass is 330 g/mol. The van der Waals surface area contributed by atoms with E-state index in [4.69, 9.17) is 9.47 Å². The van der Waals surface area contributed by atoms with E-state index in [1.807, 2.05) is 6.92 Å². The van der Waals surface area contributed by atoms with Gasteiger partial charge in [0.15, 0.2) is 23.0 Å². The van der Waals surface area contributed by atoms with Crippen LogP contribution in [0.4, 0.5) is 0 Å². The largest absolute Gasteiger partial charge is 0.504 e. The number of hydrogen-bond donors (Lipinski definition) is 3. The molecule has 3 N–H and O–H groups in total. The molecule has 0 radical (unpaired) electrons. The van der Waals surface area contributed by atoms with Crippen LogP contribution in [0.15, 0.2) is 41.5 Å². The molecule has 2 rings (SSSR count). The first kappa shape index (κ1) is 17.1. The smallest absolute Gasteiger partial charge is 0.271 e. The number of para-hydroxylation sites is 1. The van der Waals surface area contributed by atoms with Gasteiger partial charge in [0.05, 0.1) is 19.9 Å². The van der Waals surface area contributed by atoms with Crippen LogP contribution in [-0.4, -0.2) is 36.1 Å². The molecule has 0 aliphatic carbocycles. The summed E-state index contributed by atoms with van der Waals surface area (Å²) in [5.74, 6) is -0.0615. The summed E-state index contributed by atoms with van der Waals surface area (Å²) in [4.78, 5) is 12.0. The number of carbonyl (C=O) groups is 1. The number of ether oxygens (including phenoxy) is 2. The van der Waals surface area contributed by atoms with Crippen LogP contribution >= 0.6 is 0 Å². The highest BCUT2D eigenvalue weighted by Gasteiger charge is 2.09. The van der Waals surface area contributed by atoms with Crippen molar-refractivity contribution in [2.24, 2.45) is 5.10 Å². The van der Waals surface area contributed by atoms with Gasteiger partial charge in [-0.2, -0.15) is 5.10 Å². The summed E-state index contributed by atoms with van der Waals surface area (Å²) in [5, 5.41) is 23.4. The van der Waals surface area contributed by atoms with Gasteiger partial charge in [-0.1, -0.05) is 6.07 Å². The molecule has 126 valence electrons. The highest BCUT2D eigenvalue weighted by atomic mass is 16.5. The zero-order valence-electron chi connectivity index (χ0n) is 13.3. The van der Waals surface area contributed by atoms with E-state index in [-0.39, 0.29) is 22.8 Å². The maximum Gasteiger partial charge on any atom is 0.271 e. The normalized spacial score (nSPS) is 10.6. The Labute approximate surface area is 139 Å². The van der Waals surface area contributed by atoms with Gasteiger partial charge in [-0.25, -0.2) is 5.43 Å². The Hall–Kier alpha value is -3.22. The maximum absolute atomic E-state index is 12.0. The van der Waals surface area contributed by atoms with E-state index in [0.29, 0.717) is 17.9 Å². The summed E-state index contributed by atoms with van der Waals surface area (Å²) in [5.41, 5.74) is 3.02. The van der Waals surface area contributed by atoms with E-state index in [9.17, 15) is 15.0 Å². The van der Waals surface area contributed by atoms with Crippen LogP contribution in [0.5, 0.6) is 23.0 Å². The molecule has 0 atom stereocenters. The second-order valence-electron chi connectivity index (χ2n) is 4.71. The molecule has 0 saturated heterocycles. The van der Waals surface area contributed by atoms with Crippen molar-refractivity contribution in [3.8, 4) is 23.0 Å². The van der Waals surface area contributed by atoms with Crippen molar-refractivity contribution >= 4 is 12.1 Å². The molecule has 0 heterocycles. The minimum Gasteiger partial charge on any atom is -0.504 e. The van der Waals surface area contributed by atoms with Gasteiger partial charge in [-0.15, -0.1) is 0 Å². The highest BCUT2D eigenvalue weighted by Crippen LogP contribution is 2.28. The van der Waals surface area contributed by atoms with Gasteiger partial charge in [0, 0.05) is 11.1 Å². The Morgan fingerprint density at radius 3 is 2.75 bits per heavy atom. The van der Waals surface area contributed by atoms with E-state index in [0.717, 1.165) is 0 Å². The lowest BCUT2D eigenvalue weighted by molar-refractivity contribution is 0.0954. The maximum atomic E-state index is 12.0. The van der Waals surface area contributed by atoms with E-state index in [1.54, 1.807) is 18.2 Å². The van der Waals surface area contributed by atoms with Gasteiger partial charge in [-0.05, 0) is 37.3 Å². The van der Waals surface area contributed by atoms with E-state index < -0.39 is 5.91 Å². The van der Waals surface area contributed by atoms with Gasteiger partial charge in [0.2, 0.25) is 0 Å². The first-order valence-electron chi connectivity index (χ1n) is 7.22. The SMILES string of the molecule is CCOc1cccc(/C=N/NC(=O)c2ccc(O)c(OC)c2)c1O. The summed E-state index contributed by atoms with van der Waals surface area (Å²) < 4.78 is 10.2. The standard InChI is InChI=1S/C17H18N2O5/c1-3-24-14-6-4-5-12(16(14)21)10-18-19-17(22)11-7-8-13(20)15(9-11)23-2/h4-10,20-21H,3H2,1-2H3,(H,19,22)/b18-10+. The number of aromatic hydroxyl groups is 2. The molecule has 0 aliphatic rings. The topological polar surface area (TPSA) is 100 Å². The molecule has 0 spiro atoms. The van der Waals surface area contributed by atoms with Gasteiger partial charge < -0.3 is 19.7 Å². The van der Waals surface area contributed by atoms with E-state index in [2.05, 4.69) is 10.5 Å². The summed E-state index contributed by atoms with van der Waals surface area (Å²) in [7, 11) is 1.39. The molecular formula is C17H18N2O5. The molecule has 7 nitrogen and oxygen atoms in total. The molecule has 0 unspecified atom stereocenters. The Bertz CT molecular complexity index is 759. The average molecular weight is 330 g/mol. The molecule has 2 aromatic carbocycles. The Kier molecular flexibility index (Phi) is 5.62. The Balaban J connectivity index is 2.09. The van der Waals surface area contributed by atoms with Crippen molar-refractivity contribution in [3.63, 3.8) is 0 Å². The molecule has 0 aromatic heterocycles. The number of phenolic OH excluding ortho intramolecular Hbond substituents is 2. The van der Waals surface area contributed by atoms with Crippen molar-refractivity contribution in [2.75, 3.05) is 13.7 Å². The molecule has 2 aromatic rings. The number of phenols is 2. The Morgan fingerprint density at radius 1 is 1.25 bits per heavy atom. The minimum absolute atomic E-state index is 0.0522.